The number of aromatic amines is 1. The number of halogens is 6. The maximum absolute atomic E-state index is 13.3. The first-order valence-electron chi connectivity index (χ1n) is 9.60. The predicted octanol–water partition coefficient (Wildman–Crippen LogP) is 5.19. The first-order chi connectivity index (χ1) is 16.0. The van der Waals surface area contributed by atoms with Crippen LogP contribution in [0.25, 0.3) is 16.6 Å². The Bertz CT molecular complexity index is 1410. The van der Waals surface area contributed by atoms with Crippen LogP contribution >= 0.6 is 0 Å². The molecule has 174 valence electrons. The Labute approximate surface area is 187 Å². The Hall–Kier alpha value is -4.27. The van der Waals surface area contributed by atoms with Crippen molar-refractivity contribution in [1.29, 1.82) is 5.26 Å². The summed E-state index contributed by atoms with van der Waals surface area (Å²) in [5.74, 6) is -0.536. The summed E-state index contributed by atoms with van der Waals surface area (Å²) in [5, 5.41) is 15.5. The van der Waals surface area contributed by atoms with Crippen LogP contribution in [0.4, 0.5) is 26.3 Å². The van der Waals surface area contributed by atoms with Crippen molar-refractivity contribution in [2.24, 2.45) is 0 Å². The lowest BCUT2D eigenvalue weighted by Gasteiger charge is -2.11. The number of alkyl halides is 6. The van der Waals surface area contributed by atoms with Crippen LogP contribution in [0.3, 0.4) is 0 Å². The molecule has 2 aromatic heterocycles. The van der Waals surface area contributed by atoms with Crippen molar-refractivity contribution >= 4 is 16.8 Å². The summed E-state index contributed by atoms with van der Waals surface area (Å²) in [5.41, 5.74) is -1.72. The second-order valence-electron chi connectivity index (χ2n) is 7.26. The molecule has 0 radical (unpaired) electrons. The zero-order valence-electron chi connectivity index (χ0n) is 16.9. The van der Waals surface area contributed by atoms with Gasteiger partial charge in [-0.2, -0.15) is 36.7 Å². The molecule has 0 saturated heterocycles. The third-order valence-corrected chi connectivity index (χ3v) is 4.98. The lowest BCUT2D eigenvalue weighted by atomic mass is 10.1. The minimum atomic E-state index is -4.81. The average Bonchev–Trinajstić information content (AvgIpc) is 3.41. The van der Waals surface area contributed by atoms with Crippen molar-refractivity contribution in [2.75, 3.05) is 0 Å². The van der Waals surface area contributed by atoms with E-state index in [-0.39, 0.29) is 17.8 Å². The molecule has 0 aliphatic heterocycles. The van der Waals surface area contributed by atoms with Crippen LogP contribution in [0, 0.1) is 11.3 Å². The number of aromatic nitrogens is 3. The lowest BCUT2D eigenvalue weighted by Crippen LogP contribution is -2.22. The van der Waals surface area contributed by atoms with E-state index < -0.39 is 35.2 Å². The Morgan fingerprint density at radius 3 is 2.35 bits per heavy atom. The SMILES string of the molecule is N#Cc1cnn(-c2ccc(C(=O)NCc3ccc4[nH]c(C(F)(F)F)cc4c3)cc2)c1C(F)(F)F. The zero-order chi connectivity index (χ0) is 24.7. The fraction of sp³-hybridized carbons (Fsp3) is 0.136. The van der Waals surface area contributed by atoms with Crippen molar-refractivity contribution < 1.29 is 31.1 Å². The molecule has 12 heteroatoms. The van der Waals surface area contributed by atoms with Gasteiger partial charge in [0.05, 0.1) is 11.9 Å². The minimum absolute atomic E-state index is 0.00348. The van der Waals surface area contributed by atoms with Crippen molar-refractivity contribution in [2.45, 2.75) is 18.9 Å². The number of rotatable bonds is 4. The van der Waals surface area contributed by atoms with E-state index in [4.69, 9.17) is 5.26 Å². The summed E-state index contributed by atoms with van der Waals surface area (Å²) in [6.07, 6.45) is -8.51. The summed E-state index contributed by atoms with van der Waals surface area (Å²) in [6.45, 7) is 0.0198. The Kier molecular flexibility index (Phi) is 5.56. The van der Waals surface area contributed by atoms with Crippen molar-refractivity contribution in [1.82, 2.24) is 20.1 Å². The molecule has 0 fully saturated rings. The van der Waals surface area contributed by atoms with Gasteiger partial charge in [-0.05, 0) is 48.0 Å². The monoisotopic (exact) mass is 477 g/mol. The Balaban J connectivity index is 1.48. The highest BCUT2D eigenvalue weighted by Crippen LogP contribution is 2.33. The molecular formula is C22H13F6N5O. The lowest BCUT2D eigenvalue weighted by molar-refractivity contribution is -0.143. The van der Waals surface area contributed by atoms with Gasteiger partial charge in [0.2, 0.25) is 0 Å². The molecule has 2 N–H and O–H groups in total. The fourth-order valence-electron chi connectivity index (χ4n) is 3.38. The molecule has 0 atom stereocenters. The Morgan fingerprint density at radius 2 is 1.74 bits per heavy atom. The highest BCUT2D eigenvalue weighted by molar-refractivity contribution is 5.94. The van der Waals surface area contributed by atoms with E-state index in [2.05, 4.69) is 15.4 Å². The minimum Gasteiger partial charge on any atom is -0.351 e. The smallest absolute Gasteiger partial charge is 0.351 e. The van der Waals surface area contributed by atoms with E-state index in [9.17, 15) is 31.1 Å². The number of benzene rings is 2. The van der Waals surface area contributed by atoms with Gasteiger partial charge >= 0.3 is 12.4 Å². The molecule has 6 nitrogen and oxygen atoms in total. The number of nitriles is 1. The van der Waals surface area contributed by atoms with Gasteiger partial charge in [0.15, 0.2) is 5.69 Å². The third-order valence-electron chi connectivity index (χ3n) is 4.98. The summed E-state index contributed by atoms with van der Waals surface area (Å²) in [7, 11) is 0. The van der Waals surface area contributed by atoms with Crippen LogP contribution in [-0.2, 0) is 18.9 Å². The van der Waals surface area contributed by atoms with Gasteiger partial charge < -0.3 is 10.3 Å². The largest absolute Gasteiger partial charge is 0.434 e. The van der Waals surface area contributed by atoms with E-state index >= 15 is 0 Å². The maximum Gasteiger partial charge on any atom is 0.434 e. The molecule has 1 amide bonds. The quantitative estimate of drug-likeness (QED) is 0.397. The van der Waals surface area contributed by atoms with Gasteiger partial charge in [0.1, 0.15) is 17.3 Å². The van der Waals surface area contributed by atoms with Crippen molar-refractivity contribution in [3.05, 3.63) is 82.8 Å². The molecule has 0 aliphatic carbocycles. The van der Waals surface area contributed by atoms with Crippen LogP contribution in [0.1, 0.15) is 32.9 Å². The van der Waals surface area contributed by atoms with Crippen molar-refractivity contribution in [3.63, 3.8) is 0 Å². The van der Waals surface area contributed by atoms with Crippen LogP contribution < -0.4 is 5.32 Å². The number of fused-ring (bicyclic) bond motifs is 1. The molecule has 0 unspecified atom stereocenters. The van der Waals surface area contributed by atoms with Crippen LogP contribution in [0.5, 0.6) is 0 Å². The van der Waals surface area contributed by atoms with Gasteiger partial charge in [0.25, 0.3) is 5.91 Å². The standard InChI is InChI=1S/C22H13F6N5O/c23-21(24,25)18-8-14-7-12(1-6-17(14)32-18)10-30-20(34)13-2-4-16(5-3-13)33-19(22(26,27)28)15(9-29)11-31-33/h1-8,11,32H,10H2,(H,30,34). The van der Waals surface area contributed by atoms with E-state index in [1.165, 1.54) is 42.5 Å². The molecule has 4 aromatic rings. The van der Waals surface area contributed by atoms with Crippen molar-refractivity contribution in [3.8, 4) is 11.8 Å². The molecule has 0 spiro atoms. The molecule has 4 rings (SSSR count). The van der Waals surface area contributed by atoms with Gasteiger partial charge in [-0.3, -0.25) is 4.79 Å². The fourth-order valence-corrected chi connectivity index (χ4v) is 3.38. The molecule has 2 aromatic carbocycles. The average molecular weight is 477 g/mol. The number of nitrogens with one attached hydrogen (secondary N) is 2. The second-order valence-corrected chi connectivity index (χ2v) is 7.26. The predicted molar refractivity (Wildman–Crippen MR) is 108 cm³/mol. The van der Waals surface area contributed by atoms with Crippen LogP contribution in [0.15, 0.2) is 54.7 Å². The number of carbonyl (C=O) groups excluding carboxylic acids is 1. The highest BCUT2D eigenvalue weighted by Gasteiger charge is 2.39. The van der Waals surface area contributed by atoms with E-state index in [0.717, 1.165) is 12.3 Å². The zero-order valence-corrected chi connectivity index (χ0v) is 16.9. The summed E-state index contributed by atoms with van der Waals surface area (Å²) >= 11 is 0. The maximum atomic E-state index is 13.3. The number of H-pyrrole nitrogens is 1. The van der Waals surface area contributed by atoms with Gasteiger partial charge in [-0.25, -0.2) is 4.68 Å². The first-order valence-corrected chi connectivity index (χ1v) is 9.60. The van der Waals surface area contributed by atoms with E-state index in [1.54, 1.807) is 6.07 Å². The topological polar surface area (TPSA) is 86.5 Å². The number of amides is 1. The van der Waals surface area contributed by atoms with E-state index in [0.29, 0.717) is 21.1 Å². The van der Waals surface area contributed by atoms with Crippen LogP contribution in [-0.4, -0.2) is 20.7 Å². The summed E-state index contributed by atoms with van der Waals surface area (Å²) in [6, 6.07) is 12.1. The number of carbonyl (C=O) groups is 1. The van der Waals surface area contributed by atoms with E-state index in [1.807, 2.05) is 0 Å². The number of nitrogens with zero attached hydrogens (tertiary/aromatic N) is 3. The molecule has 0 saturated carbocycles. The molecule has 34 heavy (non-hydrogen) atoms. The highest BCUT2D eigenvalue weighted by atomic mass is 19.4. The molecule has 0 aliphatic rings. The van der Waals surface area contributed by atoms with Gasteiger partial charge in [-0.15, -0.1) is 0 Å². The second kappa shape index (κ2) is 8.26. The molecule has 2 heterocycles. The third kappa shape index (κ3) is 4.45. The first kappa shape index (κ1) is 22.9. The van der Waals surface area contributed by atoms with Crippen LogP contribution in [0.2, 0.25) is 0 Å². The summed E-state index contributed by atoms with van der Waals surface area (Å²) < 4.78 is 79.0. The van der Waals surface area contributed by atoms with Gasteiger partial charge in [-0.1, -0.05) is 6.07 Å². The number of hydrogen-bond donors (Lipinski definition) is 2. The molecular weight excluding hydrogens is 464 g/mol. The normalized spacial score (nSPS) is 12.0. The number of hydrogen-bond acceptors (Lipinski definition) is 3. The molecule has 0 bridgehead atoms. The Morgan fingerprint density at radius 1 is 1.03 bits per heavy atom. The summed E-state index contributed by atoms with van der Waals surface area (Å²) in [4.78, 5) is 14.7. The van der Waals surface area contributed by atoms with Gasteiger partial charge in [0, 0.05) is 23.0 Å².